The van der Waals surface area contributed by atoms with Gasteiger partial charge in [-0.1, -0.05) is 36.4 Å². The van der Waals surface area contributed by atoms with Crippen molar-refractivity contribution in [3.63, 3.8) is 0 Å². The van der Waals surface area contributed by atoms with E-state index in [1.165, 1.54) is 12.1 Å². The summed E-state index contributed by atoms with van der Waals surface area (Å²) in [5.74, 6) is 0.618. The van der Waals surface area contributed by atoms with Gasteiger partial charge in [-0.2, -0.15) is 5.26 Å². The molecular formula is C21H18FN5O. The number of nitriles is 1. The molecule has 0 unspecified atom stereocenters. The summed E-state index contributed by atoms with van der Waals surface area (Å²) >= 11 is 0. The minimum absolute atomic E-state index is 0.237. The maximum atomic E-state index is 14.1. The average Bonchev–Trinajstić information content (AvgIpc) is 3.19. The summed E-state index contributed by atoms with van der Waals surface area (Å²) in [6.07, 6.45) is 1.50. The standard InChI is InChI=1S/C21H18FN5O/c22-19-9-5-4-6-16(19)14-17(15-23)20-24-25-21(26-10-12-28-13-11-26)27(20)18-7-2-1-3-8-18/h1-9,14H,10-13H2. The third-order valence-corrected chi connectivity index (χ3v) is 4.52. The molecule has 0 N–H and O–H groups in total. The summed E-state index contributed by atoms with van der Waals surface area (Å²) in [5.41, 5.74) is 1.40. The molecule has 0 radical (unpaired) electrons. The fraction of sp³-hybridized carbons (Fsp3) is 0.190. The number of allylic oxidation sites excluding steroid dienone is 1. The SMILES string of the molecule is N#CC(=Cc1ccccc1F)c1nnc(N2CCOCC2)n1-c1ccccc1. The number of benzene rings is 2. The number of hydrogen-bond donors (Lipinski definition) is 0. The fourth-order valence-electron chi connectivity index (χ4n) is 3.13. The monoisotopic (exact) mass is 375 g/mol. The van der Waals surface area contributed by atoms with E-state index in [0.717, 1.165) is 5.69 Å². The van der Waals surface area contributed by atoms with Crippen LogP contribution in [0, 0.1) is 17.1 Å². The first-order valence-corrected chi connectivity index (χ1v) is 8.98. The topological polar surface area (TPSA) is 67.0 Å². The second kappa shape index (κ2) is 8.03. The summed E-state index contributed by atoms with van der Waals surface area (Å²) in [6.45, 7) is 2.58. The zero-order valence-electron chi connectivity index (χ0n) is 15.1. The lowest BCUT2D eigenvalue weighted by Gasteiger charge is -2.28. The van der Waals surface area contributed by atoms with Gasteiger partial charge in [0.05, 0.1) is 24.5 Å². The van der Waals surface area contributed by atoms with Gasteiger partial charge in [0.25, 0.3) is 0 Å². The summed E-state index contributed by atoms with van der Waals surface area (Å²) in [7, 11) is 0. The molecule has 0 spiro atoms. The number of morpholine rings is 1. The molecule has 0 atom stereocenters. The van der Waals surface area contributed by atoms with Crippen LogP contribution in [0.15, 0.2) is 54.6 Å². The van der Waals surface area contributed by atoms with Crippen LogP contribution in [0.1, 0.15) is 11.4 Å². The van der Waals surface area contributed by atoms with Gasteiger partial charge in [0.15, 0.2) is 5.82 Å². The highest BCUT2D eigenvalue weighted by molar-refractivity contribution is 5.88. The van der Waals surface area contributed by atoms with E-state index in [-0.39, 0.29) is 5.57 Å². The lowest BCUT2D eigenvalue weighted by Crippen LogP contribution is -2.38. The number of para-hydroxylation sites is 1. The van der Waals surface area contributed by atoms with E-state index in [2.05, 4.69) is 21.2 Å². The van der Waals surface area contributed by atoms with Crippen LogP contribution in [0.2, 0.25) is 0 Å². The number of anilines is 1. The number of rotatable bonds is 4. The third kappa shape index (κ3) is 3.50. The van der Waals surface area contributed by atoms with Gasteiger partial charge in [-0.3, -0.25) is 4.57 Å². The Morgan fingerprint density at radius 3 is 2.46 bits per heavy atom. The molecule has 1 fully saturated rings. The van der Waals surface area contributed by atoms with Gasteiger partial charge in [0.2, 0.25) is 5.95 Å². The van der Waals surface area contributed by atoms with E-state index in [9.17, 15) is 9.65 Å². The Balaban J connectivity index is 1.85. The van der Waals surface area contributed by atoms with E-state index < -0.39 is 5.82 Å². The van der Waals surface area contributed by atoms with Gasteiger partial charge in [0.1, 0.15) is 11.9 Å². The van der Waals surface area contributed by atoms with Gasteiger partial charge in [-0.25, -0.2) is 4.39 Å². The third-order valence-electron chi connectivity index (χ3n) is 4.52. The fourth-order valence-corrected chi connectivity index (χ4v) is 3.13. The van der Waals surface area contributed by atoms with Crippen molar-refractivity contribution in [2.45, 2.75) is 0 Å². The number of ether oxygens (including phenoxy) is 1. The molecule has 7 heteroatoms. The van der Waals surface area contributed by atoms with Crippen LogP contribution in [0.25, 0.3) is 17.3 Å². The van der Waals surface area contributed by atoms with Crippen molar-refractivity contribution in [3.05, 3.63) is 71.8 Å². The highest BCUT2D eigenvalue weighted by Gasteiger charge is 2.23. The molecule has 0 bridgehead atoms. The number of hydrogen-bond acceptors (Lipinski definition) is 5. The molecule has 28 heavy (non-hydrogen) atoms. The Kier molecular flexibility index (Phi) is 5.13. The molecule has 140 valence electrons. The smallest absolute Gasteiger partial charge is 0.232 e. The Morgan fingerprint density at radius 2 is 1.75 bits per heavy atom. The normalized spacial score (nSPS) is 14.7. The molecular weight excluding hydrogens is 357 g/mol. The Labute approximate surface area is 162 Å². The van der Waals surface area contributed by atoms with Gasteiger partial charge in [0, 0.05) is 18.7 Å². The zero-order chi connectivity index (χ0) is 19.3. The van der Waals surface area contributed by atoms with E-state index >= 15 is 0 Å². The van der Waals surface area contributed by atoms with Crippen molar-refractivity contribution in [2.24, 2.45) is 0 Å². The number of nitrogens with zero attached hydrogens (tertiary/aromatic N) is 5. The Hall–Kier alpha value is -3.50. The van der Waals surface area contributed by atoms with Crippen molar-refractivity contribution >= 4 is 17.6 Å². The molecule has 1 aliphatic rings. The minimum Gasteiger partial charge on any atom is -0.378 e. The van der Waals surface area contributed by atoms with Crippen LogP contribution >= 0.6 is 0 Å². The molecule has 6 nitrogen and oxygen atoms in total. The van der Waals surface area contributed by atoms with E-state index in [1.807, 2.05) is 34.9 Å². The van der Waals surface area contributed by atoms with Crippen molar-refractivity contribution in [1.82, 2.24) is 14.8 Å². The molecule has 0 amide bonds. The van der Waals surface area contributed by atoms with Crippen LogP contribution in [-0.4, -0.2) is 41.1 Å². The average molecular weight is 375 g/mol. The minimum atomic E-state index is -0.394. The molecule has 2 heterocycles. The number of aromatic nitrogens is 3. The molecule has 2 aromatic carbocycles. The van der Waals surface area contributed by atoms with Gasteiger partial charge in [-0.15, -0.1) is 10.2 Å². The molecule has 4 rings (SSSR count). The van der Waals surface area contributed by atoms with Crippen LogP contribution in [-0.2, 0) is 4.74 Å². The van der Waals surface area contributed by atoms with E-state index in [4.69, 9.17) is 4.74 Å². The van der Waals surface area contributed by atoms with Crippen LogP contribution in [0.5, 0.6) is 0 Å². The molecule has 3 aromatic rings. The highest BCUT2D eigenvalue weighted by Crippen LogP contribution is 2.26. The van der Waals surface area contributed by atoms with Crippen molar-refractivity contribution in [2.75, 3.05) is 31.2 Å². The molecule has 1 aromatic heterocycles. The van der Waals surface area contributed by atoms with Crippen molar-refractivity contribution < 1.29 is 9.13 Å². The summed E-state index contributed by atoms with van der Waals surface area (Å²) < 4.78 is 21.4. The summed E-state index contributed by atoms with van der Waals surface area (Å²) in [5, 5.41) is 18.4. The maximum Gasteiger partial charge on any atom is 0.232 e. The zero-order valence-corrected chi connectivity index (χ0v) is 15.1. The lowest BCUT2D eigenvalue weighted by molar-refractivity contribution is 0.122. The largest absolute Gasteiger partial charge is 0.378 e. The predicted octanol–water partition coefficient (Wildman–Crippen LogP) is 3.31. The Morgan fingerprint density at radius 1 is 1.04 bits per heavy atom. The summed E-state index contributed by atoms with van der Waals surface area (Å²) in [4.78, 5) is 2.07. The predicted molar refractivity (Wildman–Crippen MR) is 104 cm³/mol. The molecule has 0 saturated carbocycles. The van der Waals surface area contributed by atoms with Crippen LogP contribution < -0.4 is 4.90 Å². The number of halogens is 1. The first-order valence-electron chi connectivity index (χ1n) is 8.98. The lowest BCUT2D eigenvalue weighted by atomic mass is 10.1. The van der Waals surface area contributed by atoms with Crippen molar-refractivity contribution in [1.29, 1.82) is 5.26 Å². The van der Waals surface area contributed by atoms with Gasteiger partial charge < -0.3 is 9.64 Å². The van der Waals surface area contributed by atoms with E-state index in [1.54, 1.807) is 18.2 Å². The highest BCUT2D eigenvalue weighted by atomic mass is 19.1. The molecule has 0 aliphatic carbocycles. The van der Waals surface area contributed by atoms with Crippen LogP contribution in [0.3, 0.4) is 0 Å². The van der Waals surface area contributed by atoms with Crippen molar-refractivity contribution in [3.8, 4) is 11.8 Å². The first kappa shape index (κ1) is 17.9. The van der Waals surface area contributed by atoms with Gasteiger partial charge >= 0.3 is 0 Å². The van der Waals surface area contributed by atoms with Gasteiger partial charge in [-0.05, 0) is 24.3 Å². The summed E-state index contributed by atoms with van der Waals surface area (Å²) in [6, 6.07) is 18.1. The first-order chi connectivity index (χ1) is 13.8. The van der Waals surface area contributed by atoms with Crippen LogP contribution in [0.4, 0.5) is 10.3 Å². The maximum absolute atomic E-state index is 14.1. The second-order valence-corrected chi connectivity index (χ2v) is 6.29. The van der Waals surface area contributed by atoms with E-state index in [0.29, 0.717) is 43.6 Å². The Bertz CT molecular complexity index is 1030. The second-order valence-electron chi connectivity index (χ2n) is 6.29. The molecule has 1 aliphatic heterocycles. The molecule has 1 saturated heterocycles. The quantitative estimate of drug-likeness (QED) is 0.655.